The van der Waals surface area contributed by atoms with Gasteiger partial charge in [-0.3, -0.25) is 14.9 Å². The number of rotatable bonds is 7. The molecule has 0 heterocycles. The molecular formula is C22H18FNO5S. The summed E-state index contributed by atoms with van der Waals surface area (Å²) >= 11 is 0. The summed E-state index contributed by atoms with van der Waals surface area (Å²) in [5.74, 6) is -1.29. The van der Waals surface area contributed by atoms with Crippen molar-refractivity contribution in [3.05, 3.63) is 105 Å². The fourth-order valence-corrected chi connectivity index (χ4v) is 4.81. The third kappa shape index (κ3) is 4.44. The Hall–Kier alpha value is -3.39. The second kappa shape index (κ2) is 8.54. The Kier molecular flexibility index (Phi) is 6.07. The van der Waals surface area contributed by atoms with E-state index in [-0.39, 0.29) is 21.7 Å². The van der Waals surface area contributed by atoms with Crippen LogP contribution in [-0.2, 0) is 9.84 Å². The van der Waals surface area contributed by atoms with E-state index in [0.29, 0.717) is 0 Å². The van der Waals surface area contributed by atoms with Gasteiger partial charge >= 0.3 is 0 Å². The Labute approximate surface area is 173 Å². The van der Waals surface area contributed by atoms with E-state index < -0.39 is 38.0 Å². The maximum atomic E-state index is 14.5. The molecular weight excluding hydrogens is 409 g/mol. The second-order valence-electron chi connectivity index (χ2n) is 6.80. The third-order valence-corrected chi connectivity index (χ3v) is 6.85. The van der Waals surface area contributed by atoms with E-state index in [0.717, 1.165) is 11.6 Å². The molecule has 3 rings (SSSR count). The highest BCUT2D eigenvalue weighted by molar-refractivity contribution is 7.91. The van der Waals surface area contributed by atoms with Crippen molar-refractivity contribution >= 4 is 21.3 Å². The van der Waals surface area contributed by atoms with Gasteiger partial charge in [0.1, 0.15) is 11.1 Å². The SMILES string of the molecule is Cc1ccc(S(=O)(=O)[C@H](CC(=O)c2ccc([N+](=O)[O-])cc2)c2ccccc2F)cc1. The van der Waals surface area contributed by atoms with Crippen LogP contribution in [0.3, 0.4) is 0 Å². The Morgan fingerprint density at radius 2 is 1.60 bits per heavy atom. The molecule has 0 N–H and O–H groups in total. The molecule has 0 aliphatic heterocycles. The molecule has 30 heavy (non-hydrogen) atoms. The highest BCUT2D eigenvalue weighted by Crippen LogP contribution is 2.34. The number of nitrogens with zero attached hydrogens (tertiary/aromatic N) is 1. The van der Waals surface area contributed by atoms with Gasteiger partial charge in [0, 0.05) is 29.7 Å². The van der Waals surface area contributed by atoms with Gasteiger partial charge in [0.05, 0.1) is 9.82 Å². The molecule has 3 aromatic rings. The van der Waals surface area contributed by atoms with E-state index in [1.54, 1.807) is 12.1 Å². The molecule has 0 aromatic heterocycles. The van der Waals surface area contributed by atoms with Crippen molar-refractivity contribution in [2.45, 2.75) is 23.5 Å². The maximum Gasteiger partial charge on any atom is 0.269 e. The van der Waals surface area contributed by atoms with Gasteiger partial charge in [0.15, 0.2) is 15.6 Å². The molecule has 0 radical (unpaired) electrons. The summed E-state index contributed by atoms with van der Waals surface area (Å²) in [6, 6.07) is 16.4. The van der Waals surface area contributed by atoms with E-state index in [1.807, 2.05) is 6.92 Å². The Morgan fingerprint density at radius 1 is 1.00 bits per heavy atom. The minimum Gasteiger partial charge on any atom is -0.294 e. The van der Waals surface area contributed by atoms with Crippen LogP contribution < -0.4 is 0 Å². The van der Waals surface area contributed by atoms with Crippen molar-refractivity contribution in [2.75, 3.05) is 0 Å². The summed E-state index contributed by atoms with van der Waals surface area (Å²) in [6.07, 6.45) is -0.505. The van der Waals surface area contributed by atoms with Crippen LogP contribution in [0.5, 0.6) is 0 Å². The van der Waals surface area contributed by atoms with E-state index in [1.165, 1.54) is 54.6 Å². The first-order chi connectivity index (χ1) is 14.2. The van der Waals surface area contributed by atoms with Crippen molar-refractivity contribution in [1.29, 1.82) is 0 Å². The van der Waals surface area contributed by atoms with Gasteiger partial charge in [0.25, 0.3) is 5.69 Å². The molecule has 154 valence electrons. The van der Waals surface area contributed by atoms with Gasteiger partial charge in [-0.2, -0.15) is 0 Å². The number of ketones is 1. The highest BCUT2D eigenvalue weighted by atomic mass is 32.2. The molecule has 0 saturated carbocycles. The minimum absolute atomic E-state index is 0.0159. The number of benzene rings is 3. The minimum atomic E-state index is -4.09. The molecule has 6 nitrogen and oxygen atoms in total. The van der Waals surface area contributed by atoms with Crippen LogP contribution in [-0.4, -0.2) is 19.1 Å². The average molecular weight is 427 g/mol. The first-order valence-electron chi connectivity index (χ1n) is 9.03. The van der Waals surface area contributed by atoms with Crippen molar-refractivity contribution in [1.82, 2.24) is 0 Å². The molecule has 0 saturated heterocycles. The third-order valence-electron chi connectivity index (χ3n) is 4.75. The number of carbonyl (C=O) groups excluding carboxylic acids is 1. The highest BCUT2D eigenvalue weighted by Gasteiger charge is 2.33. The van der Waals surface area contributed by atoms with Gasteiger partial charge in [-0.25, -0.2) is 12.8 Å². The van der Waals surface area contributed by atoms with E-state index >= 15 is 0 Å². The number of nitro groups is 1. The van der Waals surface area contributed by atoms with Gasteiger partial charge in [-0.05, 0) is 37.3 Å². The Morgan fingerprint density at radius 3 is 2.17 bits per heavy atom. The number of Topliss-reactive ketones (excluding diaryl/α,β-unsaturated/α-hetero) is 1. The predicted molar refractivity (Wildman–Crippen MR) is 110 cm³/mol. The lowest BCUT2D eigenvalue weighted by molar-refractivity contribution is -0.384. The van der Waals surface area contributed by atoms with Crippen molar-refractivity contribution in [2.24, 2.45) is 0 Å². The first kappa shape index (κ1) is 21.3. The molecule has 0 bridgehead atoms. The zero-order chi connectivity index (χ0) is 21.9. The fourth-order valence-electron chi connectivity index (χ4n) is 3.07. The Bertz CT molecular complexity index is 1190. The van der Waals surface area contributed by atoms with Crippen molar-refractivity contribution in [3.8, 4) is 0 Å². The van der Waals surface area contributed by atoms with Crippen molar-refractivity contribution in [3.63, 3.8) is 0 Å². The standard InChI is InChI=1S/C22H18FNO5S/c1-15-6-12-18(13-7-15)30(28,29)22(19-4-2-3-5-20(19)23)14-21(25)16-8-10-17(11-9-16)24(26)27/h2-13,22H,14H2,1H3/t22-/m1/s1. The monoisotopic (exact) mass is 427 g/mol. The molecule has 3 aromatic carbocycles. The topological polar surface area (TPSA) is 94.3 Å². The van der Waals surface area contributed by atoms with Gasteiger partial charge in [0.2, 0.25) is 0 Å². The zero-order valence-electron chi connectivity index (χ0n) is 16.0. The van der Waals surface area contributed by atoms with E-state index in [4.69, 9.17) is 0 Å². The first-order valence-corrected chi connectivity index (χ1v) is 10.6. The number of nitro benzene ring substituents is 1. The number of hydrogen-bond donors (Lipinski definition) is 0. The maximum absolute atomic E-state index is 14.5. The van der Waals surface area contributed by atoms with Crippen LogP contribution in [0.15, 0.2) is 77.7 Å². The fraction of sp³-hybridized carbons (Fsp3) is 0.136. The number of sulfone groups is 1. The zero-order valence-corrected chi connectivity index (χ0v) is 16.8. The summed E-state index contributed by atoms with van der Waals surface area (Å²) < 4.78 is 41.1. The quantitative estimate of drug-likeness (QED) is 0.306. The molecule has 1 atom stereocenters. The predicted octanol–water partition coefficient (Wildman–Crippen LogP) is 4.83. The van der Waals surface area contributed by atoms with Crippen LogP contribution in [0.25, 0.3) is 0 Å². The van der Waals surface area contributed by atoms with Crippen LogP contribution >= 0.6 is 0 Å². The largest absolute Gasteiger partial charge is 0.294 e. The summed E-state index contributed by atoms with van der Waals surface area (Å²) in [7, 11) is -4.09. The normalized spacial score (nSPS) is 12.3. The molecule has 0 unspecified atom stereocenters. The number of hydrogen-bond acceptors (Lipinski definition) is 5. The number of aryl methyl sites for hydroxylation is 1. The van der Waals surface area contributed by atoms with Crippen LogP contribution in [0, 0.1) is 22.9 Å². The van der Waals surface area contributed by atoms with Crippen LogP contribution in [0.4, 0.5) is 10.1 Å². The number of non-ortho nitro benzene ring substituents is 1. The molecule has 0 fully saturated rings. The lowest BCUT2D eigenvalue weighted by Crippen LogP contribution is -2.19. The van der Waals surface area contributed by atoms with Gasteiger partial charge < -0.3 is 0 Å². The number of carbonyl (C=O) groups is 1. The summed E-state index contributed by atoms with van der Waals surface area (Å²) in [5.41, 5.74) is 0.678. The summed E-state index contributed by atoms with van der Waals surface area (Å²) in [5, 5.41) is 9.35. The lowest BCUT2D eigenvalue weighted by Gasteiger charge is -2.18. The van der Waals surface area contributed by atoms with Crippen LogP contribution in [0.2, 0.25) is 0 Å². The molecule has 0 spiro atoms. The summed E-state index contributed by atoms with van der Waals surface area (Å²) in [4.78, 5) is 23.0. The second-order valence-corrected chi connectivity index (χ2v) is 8.93. The average Bonchev–Trinajstić information content (AvgIpc) is 2.73. The smallest absolute Gasteiger partial charge is 0.269 e. The van der Waals surface area contributed by atoms with Gasteiger partial charge in [-0.15, -0.1) is 0 Å². The van der Waals surface area contributed by atoms with E-state index in [9.17, 15) is 27.7 Å². The van der Waals surface area contributed by atoms with Crippen molar-refractivity contribution < 1.29 is 22.5 Å². The van der Waals surface area contributed by atoms with Gasteiger partial charge in [-0.1, -0.05) is 35.9 Å². The molecule has 0 amide bonds. The molecule has 0 aliphatic carbocycles. The molecule has 0 aliphatic rings. The van der Waals surface area contributed by atoms with Crippen LogP contribution in [0.1, 0.15) is 33.2 Å². The Balaban J connectivity index is 2.02. The molecule has 8 heteroatoms. The lowest BCUT2D eigenvalue weighted by atomic mass is 10.0. The summed E-state index contributed by atoms with van der Waals surface area (Å²) in [6.45, 7) is 1.81. The van der Waals surface area contributed by atoms with E-state index in [2.05, 4.69) is 0 Å². The number of halogens is 1.